The molecule has 2 heterocycles. The number of hydrogen-bond donors (Lipinski definition) is 2. The Labute approximate surface area is 173 Å². The highest BCUT2D eigenvalue weighted by molar-refractivity contribution is 7.92. The summed E-state index contributed by atoms with van der Waals surface area (Å²) in [4.78, 5) is 16.4. The van der Waals surface area contributed by atoms with Gasteiger partial charge in [0.25, 0.3) is 15.9 Å². The number of anilines is 2. The third-order valence-electron chi connectivity index (χ3n) is 4.34. The summed E-state index contributed by atoms with van der Waals surface area (Å²) in [6, 6.07) is 14.0. The average molecular weight is 425 g/mol. The van der Waals surface area contributed by atoms with Crippen molar-refractivity contribution in [3.8, 4) is 11.5 Å². The van der Waals surface area contributed by atoms with Gasteiger partial charge in [-0.1, -0.05) is 6.07 Å². The van der Waals surface area contributed by atoms with Gasteiger partial charge in [0.15, 0.2) is 11.5 Å². The van der Waals surface area contributed by atoms with Gasteiger partial charge in [-0.15, -0.1) is 0 Å². The third kappa shape index (κ3) is 4.52. The molecule has 1 amide bonds. The van der Waals surface area contributed by atoms with Crippen LogP contribution >= 0.6 is 0 Å². The average Bonchev–Trinajstić information content (AvgIpc) is 2.99. The van der Waals surface area contributed by atoms with Crippen molar-refractivity contribution < 1.29 is 22.7 Å². The predicted molar refractivity (Wildman–Crippen MR) is 111 cm³/mol. The highest BCUT2D eigenvalue weighted by Crippen LogP contribution is 2.32. The van der Waals surface area contributed by atoms with Crippen LogP contribution in [0.2, 0.25) is 0 Å². The lowest BCUT2D eigenvalue weighted by molar-refractivity contribution is 0.102. The molecule has 0 aliphatic carbocycles. The van der Waals surface area contributed by atoms with Crippen LogP contribution in [0.5, 0.6) is 11.5 Å². The number of nitrogens with zero attached hydrogens (tertiary/aromatic N) is 1. The molecular weight excluding hydrogens is 406 g/mol. The Hall–Kier alpha value is -3.59. The van der Waals surface area contributed by atoms with Crippen LogP contribution in [0.25, 0.3) is 0 Å². The van der Waals surface area contributed by atoms with Gasteiger partial charge in [-0.05, 0) is 42.5 Å². The molecule has 0 spiro atoms. The second kappa shape index (κ2) is 8.42. The van der Waals surface area contributed by atoms with Crippen molar-refractivity contribution in [3.05, 3.63) is 72.6 Å². The summed E-state index contributed by atoms with van der Waals surface area (Å²) in [5, 5.41) is 2.73. The Morgan fingerprint density at radius 3 is 2.47 bits per heavy atom. The molecule has 9 heteroatoms. The molecule has 30 heavy (non-hydrogen) atoms. The van der Waals surface area contributed by atoms with Gasteiger partial charge in [-0.3, -0.25) is 14.5 Å². The molecule has 0 saturated carbocycles. The Balaban J connectivity index is 1.53. The van der Waals surface area contributed by atoms with E-state index in [1.54, 1.807) is 48.8 Å². The van der Waals surface area contributed by atoms with Crippen LogP contribution in [0.3, 0.4) is 0 Å². The first-order valence-corrected chi connectivity index (χ1v) is 10.7. The molecule has 2 N–H and O–H groups in total. The molecular formula is C21H19N3O5S. The Morgan fingerprint density at radius 1 is 0.900 bits per heavy atom. The van der Waals surface area contributed by atoms with E-state index in [9.17, 15) is 13.2 Å². The number of carbonyl (C=O) groups is 1. The fourth-order valence-corrected chi connectivity index (χ4v) is 3.95. The third-order valence-corrected chi connectivity index (χ3v) is 5.72. The minimum Gasteiger partial charge on any atom is -0.490 e. The van der Waals surface area contributed by atoms with Crippen molar-refractivity contribution in [2.75, 3.05) is 23.3 Å². The number of amides is 1. The molecule has 154 valence electrons. The van der Waals surface area contributed by atoms with Gasteiger partial charge in [-0.2, -0.15) is 0 Å². The minimum absolute atomic E-state index is 0.0402. The summed E-state index contributed by atoms with van der Waals surface area (Å²) < 4.78 is 39.3. The summed E-state index contributed by atoms with van der Waals surface area (Å²) in [5.41, 5.74) is 1.17. The zero-order valence-corrected chi connectivity index (χ0v) is 16.7. The van der Waals surface area contributed by atoms with Crippen molar-refractivity contribution in [1.29, 1.82) is 0 Å². The molecule has 0 unspecified atom stereocenters. The van der Waals surface area contributed by atoms with Gasteiger partial charge in [0, 0.05) is 41.8 Å². The first-order chi connectivity index (χ1) is 14.5. The van der Waals surface area contributed by atoms with Gasteiger partial charge < -0.3 is 14.8 Å². The molecule has 0 radical (unpaired) electrons. The van der Waals surface area contributed by atoms with E-state index < -0.39 is 10.0 Å². The summed E-state index contributed by atoms with van der Waals surface area (Å²) in [7, 11) is -3.89. The van der Waals surface area contributed by atoms with Crippen molar-refractivity contribution >= 4 is 27.3 Å². The second-order valence-electron chi connectivity index (χ2n) is 6.54. The SMILES string of the molecule is O=C(Nc1ccncc1)c1cccc(NS(=O)(=O)c2ccc3c(c2)OCCCO3)c1. The summed E-state index contributed by atoms with van der Waals surface area (Å²) in [6.45, 7) is 0.976. The van der Waals surface area contributed by atoms with Crippen LogP contribution in [-0.4, -0.2) is 32.5 Å². The van der Waals surface area contributed by atoms with Crippen LogP contribution in [-0.2, 0) is 10.0 Å². The Kier molecular flexibility index (Phi) is 5.53. The lowest BCUT2D eigenvalue weighted by Gasteiger charge is -2.12. The number of carbonyl (C=O) groups excluding carboxylic acids is 1. The number of rotatable bonds is 5. The fourth-order valence-electron chi connectivity index (χ4n) is 2.89. The zero-order valence-electron chi connectivity index (χ0n) is 15.9. The standard InChI is InChI=1S/C21H19N3O5S/c25-21(23-16-7-9-22-10-8-16)15-3-1-4-17(13-15)24-30(26,27)18-5-6-19-20(14-18)29-12-2-11-28-19/h1,3-10,13-14,24H,2,11-12H2,(H,22,23,25). The topological polar surface area (TPSA) is 107 Å². The number of benzene rings is 2. The lowest BCUT2D eigenvalue weighted by Crippen LogP contribution is -2.15. The zero-order chi connectivity index (χ0) is 21.0. The van der Waals surface area contributed by atoms with Crippen molar-refractivity contribution in [3.63, 3.8) is 0 Å². The Bertz CT molecular complexity index is 1170. The molecule has 1 aliphatic rings. The highest BCUT2D eigenvalue weighted by Gasteiger charge is 2.19. The minimum atomic E-state index is -3.89. The maximum atomic E-state index is 12.8. The van der Waals surface area contributed by atoms with Crippen LogP contribution in [0.1, 0.15) is 16.8 Å². The van der Waals surface area contributed by atoms with E-state index in [2.05, 4.69) is 15.0 Å². The maximum absolute atomic E-state index is 12.8. The van der Waals surface area contributed by atoms with E-state index in [4.69, 9.17) is 9.47 Å². The number of fused-ring (bicyclic) bond motifs is 1. The number of nitrogens with one attached hydrogen (secondary N) is 2. The van der Waals surface area contributed by atoms with Crippen LogP contribution in [0, 0.1) is 0 Å². The molecule has 0 bridgehead atoms. The molecule has 0 fully saturated rings. The number of aromatic nitrogens is 1. The number of ether oxygens (including phenoxy) is 2. The van der Waals surface area contributed by atoms with E-state index in [0.29, 0.717) is 36.0 Å². The van der Waals surface area contributed by atoms with E-state index >= 15 is 0 Å². The van der Waals surface area contributed by atoms with Gasteiger partial charge in [0.05, 0.1) is 18.1 Å². The van der Waals surface area contributed by atoms with Gasteiger partial charge in [0.2, 0.25) is 0 Å². The molecule has 1 aliphatic heterocycles. The monoisotopic (exact) mass is 425 g/mol. The molecule has 3 aromatic rings. The quantitative estimate of drug-likeness (QED) is 0.650. The molecule has 2 aromatic carbocycles. The smallest absolute Gasteiger partial charge is 0.262 e. The first-order valence-electron chi connectivity index (χ1n) is 9.25. The summed E-state index contributed by atoms with van der Waals surface area (Å²) >= 11 is 0. The predicted octanol–water partition coefficient (Wildman–Crippen LogP) is 3.30. The summed E-state index contributed by atoms with van der Waals surface area (Å²) in [6.07, 6.45) is 3.86. The van der Waals surface area contributed by atoms with Gasteiger partial charge in [-0.25, -0.2) is 8.42 Å². The molecule has 0 saturated heterocycles. The van der Waals surface area contributed by atoms with Crippen molar-refractivity contribution in [2.24, 2.45) is 0 Å². The van der Waals surface area contributed by atoms with Crippen molar-refractivity contribution in [1.82, 2.24) is 4.98 Å². The first kappa shape index (κ1) is 19.7. The van der Waals surface area contributed by atoms with E-state index in [1.807, 2.05) is 0 Å². The highest BCUT2D eigenvalue weighted by atomic mass is 32.2. The van der Waals surface area contributed by atoms with Crippen molar-refractivity contribution in [2.45, 2.75) is 11.3 Å². The summed E-state index contributed by atoms with van der Waals surface area (Å²) in [5.74, 6) is 0.542. The van der Waals surface area contributed by atoms with E-state index in [0.717, 1.165) is 6.42 Å². The second-order valence-corrected chi connectivity index (χ2v) is 8.22. The van der Waals surface area contributed by atoms with Crippen LogP contribution in [0.4, 0.5) is 11.4 Å². The molecule has 4 rings (SSSR count). The molecule has 0 atom stereocenters. The number of sulfonamides is 1. The normalized spacial score (nSPS) is 13.2. The van der Waals surface area contributed by atoms with E-state index in [-0.39, 0.29) is 16.5 Å². The van der Waals surface area contributed by atoms with Crippen LogP contribution in [0.15, 0.2) is 71.9 Å². The number of hydrogen-bond acceptors (Lipinski definition) is 6. The molecule has 1 aromatic heterocycles. The molecule has 8 nitrogen and oxygen atoms in total. The largest absolute Gasteiger partial charge is 0.490 e. The fraction of sp³-hybridized carbons (Fsp3) is 0.143. The van der Waals surface area contributed by atoms with Crippen LogP contribution < -0.4 is 19.5 Å². The van der Waals surface area contributed by atoms with E-state index in [1.165, 1.54) is 18.2 Å². The Morgan fingerprint density at radius 2 is 1.67 bits per heavy atom. The maximum Gasteiger partial charge on any atom is 0.262 e. The van der Waals surface area contributed by atoms with Gasteiger partial charge in [0.1, 0.15) is 0 Å². The lowest BCUT2D eigenvalue weighted by atomic mass is 10.2. The number of pyridine rings is 1. The van der Waals surface area contributed by atoms with Gasteiger partial charge >= 0.3 is 0 Å².